The molecule has 1 saturated carbocycles. The maximum absolute atomic E-state index is 10.2. The minimum atomic E-state index is -0.526. The molecule has 3 atom stereocenters. The molecule has 1 spiro atoms. The number of rotatable bonds is 3. The fraction of sp³-hybridized carbons (Fsp3) is 0.571. The van der Waals surface area contributed by atoms with E-state index in [2.05, 4.69) is 17.2 Å². The second-order valence-corrected chi connectivity index (χ2v) is 5.52. The molecule has 1 heterocycles. The van der Waals surface area contributed by atoms with Crippen molar-refractivity contribution in [2.45, 2.75) is 30.5 Å². The summed E-state index contributed by atoms with van der Waals surface area (Å²) in [6, 6.07) is 0.436. The van der Waals surface area contributed by atoms with E-state index in [1.807, 2.05) is 30.4 Å². The van der Waals surface area contributed by atoms with E-state index in [4.69, 9.17) is 0 Å². The Morgan fingerprint density at radius 3 is 2.88 bits per heavy atom. The quantitative estimate of drug-likeness (QED) is 0.629. The topological polar surface area (TPSA) is 44.3 Å². The molecule has 17 heavy (non-hydrogen) atoms. The van der Waals surface area contributed by atoms with Gasteiger partial charge >= 0.3 is 0 Å². The number of allylic oxidation sites excluding steroid dienone is 2. The first-order chi connectivity index (χ1) is 8.21. The summed E-state index contributed by atoms with van der Waals surface area (Å²) in [5.74, 6) is 0. The molecule has 2 fully saturated rings. The molecule has 0 aromatic rings. The van der Waals surface area contributed by atoms with Gasteiger partial charge in [-0.15, -0.1) is 6.58 Å². The monoisotopic (exact) mass is 232 g/mol. The normalized spacial score (nSPS) is 41.9. The zero-order valence-corrected chi connectivity index (χ0v) is 10.0. The molecule has 0 bridgehead atoms. The van der Waals surface area contributed by atoms with Crippen molar-refractivity contribution in [1.82, 2.24) is 10.6 Å². The Hall–Kier alpha value is -0.900. The van der Waals surface area contributed by atoms with Gasteiger partial charge in [0.1, 0.15) is 0 Å². The molecule has 92 valence electrons. The van der Waals surface area contributed by atoms with Crippen molar-refractivity contribution in [3.8, 4) is 0 Å². The smallest absolute Gasteiger partial charge is 0.0977 e. The van der Waals surface area contributed by atoms with Crippen LogP contribution < -0.4 is 10.6 Å². The molecule has 3 heteroatoms. The van der Waals surface area contributed by atoms with Gasteiger partial charge in [0.05, 0.1) is 11.6 Å². The van der Waals surface area contributed by atoms with Crippen LogP contribution in [0.4, 0.5) is 0 Å². The Labute approximate surface area is 102 Å². The molecule has 2 aliphatic carbocycles. The van der Waals surface area contributed by atoms with Gasteiger partial charge in [-0.1, -0.05) is 30.4 Å². The molecule has 3 N–H and O–H groups in total. The average Bonchev–Trinajstić information content (AvgIpc) is 3.01. The zero-order valence-electron chi connectivity index (χ0n) is 10.0. The van der Waals surface area contributed by atoms with E-state index in [1.165, 1.54) is 12.8 Å². The van der Waals surface area contributed by atoms with Gasteiger partial charge in [0.15, 0.2) is 0 Å². The predicted octanol–water partition coefficient (Wildman–Crippen LogP) is 0.740. The van der Waals surface area contributed by atoms with Crippen LogP contribution in [-0.4, -0.2) is 35.9 Å². The highest BCUT2D eigenvalue weighted by atomic mass is 16.3. The third-order valence-electron chi connectivity index (χ3n) is 4.48. The fourth-order valence-corrected chi connectivity index (χ4v) is 3.02. The van der Waals surface area contributed by atoms with Crippen molar-refractivity contribution < 1.29 is 5.11 Å². The Morgan fingerprint density at radius 1 is 1.41 bits per heavy atom. The standard InChI is InChI=1S/C14H20N2O/c1-2-14(6-4-3-5-12(14)17)16-11-9-15-10-13(11)7-8-13/h2-6,11-12,15-17H,1,7-10H2/t11-,12?,14-/m1/s1. The molecule has 3 nitrogen and oxygen atoms in total. The molecule has 0 aromatic carbocycles. The minimum Gasteiger partial charge on any atom is -0.386 e. The summed E-state index contributed by atoms with van der Waals surface area (Å²) in [6.07, 6.45) is 11.6. The van der Waals surface area contributed by atoms with Crippen molar-refractivity contribution >= 4 is 0 Å². The molecule has 1 aliphatic heterocycles. The zero-order chi connectivity index (χ0) is 11.9. The second-order valence-electron chi connectivity index (χ2n) is 5.52. The largest absolute Gasteiger partial charge is 0.386 e. The summed E-state index contributed by atoms with van der Waals surface area (Å²) in [7, 11) is 0. The van der Waals surface area contributed by atoms with Crippen molar-refractivity contribution in [3.63, 3.8) is 0 Å². The summed E-state index contributed by atoms with van der Waals surface area (Å²) in [6.45, 7) is 5.98. The van der Waals surface area contributed by atoms with Crippen LogP contribution in [0.2, 0.25) is 0 Å². The summed E-state index contributed by atoms with van der Waals surface area (Å²) in [5.41, 5.74) is -0.0637. The molecular weight excluding hydrogens is 212 g/mol. The first-order valence-corrected chi connectivity index (χ1v) is 6.37. The summed E-state index contributed by atoms with van der Waals surface area (Å²) >= 11 is 0. The SMILES string of the molecule is C=C[C@@]1(N[C@@H]2CNCC23CC3)C=CC=CC1O. The number of nitrogens with one attached hydrogen (secondary N) is 2. The predicted molar refractivity (Wildman–Crippen MR) is 68.7 cm³/mol. The Morgan fingerprint density at radius 2 is 2.24 bits per heavy atom. The van der Waals surface area contributed by atoms with Crippen LogP contribution in [0.1, 0.15) is 12.8 Å². The van der Waals surface area contributed by atoms with Gasteiger partial charge in [-0.05, 0) is 18.3 Å². The minimum absolute atomic E-state index is 0.435. The maximum atomic E-state index is 10.2. The lowest BCUT2D eigenvalue weighted by molar-refractivity contribution is 0.139. The van der Waals surface area contributed by atoms with Gasteiger partial charge in [-0.3, -0.25) is 5.32 Å². The molecule has 0 radical (unpaired) electrons. The van der Waals surface area contributed by atoms with Crippen molar-refractivity contribution in [2.75, 3.05) is 13.1 Å². The number of hydrogen-bond donors (Lipinski definition) is 3. The highest BCUT2D eigenvalue weighted by molar-refractivity contribution is 5.32. The molecule has 0 aromatic heterocycles. The Kier molecular flexibility index (Phi) is 2.51. The fourth-order valence-electron chi connectivity index (χ4n) is 3.02. The second kappa shape index (κ2) is 3.80. The number of aliphatic hydroxyl groups excluding tert-OH is 1. The van der Waals surface area contributed by atoms with Crippen LogP contribution in [0.25, 0.3) is 0 Å². The maximum Gasteiger partial charge on any atom is 0.0977 e. The van der Waals surface area contributed by atoms with Gasteiger partial charge in [-0.25, -0.2) is 0 Å². The van der Waals surface area contributed by atoms with Gasteiger partial charge in [0, 0.05) is 19.1 Å². The van der Waals surface area contributed by atoms with E-state index in [1.54, 1.807) is 0 Å². The van der Waals surface area contributed by atoms with Crippen LogP contribution in [-0.2, 0) is 0 Å². The number of aliphatic hydroxyl groups is 1. The van der Waals surface area contributed by atoms with Crippen LogP contribution in [0.3, 0.4) is 0 Å². The first kappa shape index (κ1) is 11.2. The van der Waals surface area contributed by atoms with Crippen LogP contribution in [0.15, 0.2) is 37.0 Å². The lowest BCUT2D eigenvalue weighted by Crippen LogP contribution is -2.57. The van der Waals surface area contributed by atoms with Crippen LogP contribution in [0, 0.1) is 5.41 Å². The summed E-state index contributed by atoms with van der Waals surface area (Å²) < 4.78 is 0. The van der Waals surface area contributed by atoms with E-state index < -0.39 is 11.6 Å². The first-order valence-electron chi connectivity index (χ1n) is 6.37. The molecule has 1 saturated heterocycles. The van der Waals surface area contributed by atoms with E-state index >= 15 is 0 Å². The van der Waals surface area contributed by atoms with Gasteiger partial charge in [0.2, 0.25) is 0 Å². The Bertz CT molecular complexity index is 384. The Balaban J connectivity index is 1.80. The third-order valence-corrected chi connectivity index (χ3v) is 4.48. The van der Waals surface area contributed by atoms with E-state index in [0.29, 0.717) is 11.5 Å². The average molecular weight is 232 g/mol. The van der Waals surface area contributed by atoms with Crippen molar-refractivity contribution in [3.05, 3.63) is 37.0 Å². The number of hydrogen-bond acceptors (Lipinski definition) is 3. The van der Waals surface area contributed by atoms with E-state index in [0.717, 1.165) is 13.1 Å². The highest BCUT2D eigenvalue weighted by Crippen LogP contribution is 2.51. The lowest BCUT2D eigenvalue weighted by atomic mass is 9.86. The van der Waals surface area contributed by atoms with Gasteiger partial charge in [-0.2, -0.15) is 0 Å². The van der Waals surface area contributed by atoms with Crippen LogP contribution >= 0.6 is 0 Å². The van der Waals surface area contributed by atoms with E-state index in [-0.39, 0.29) is 0 Å². The summed E-state index contributed by atoms with van der Waals surface area (Å²) in [4.78, 5) is 0. The van der Waals surface area contributed by atoms with E-state index in [9.17, 15) is 5.11 Å². The molecular formula is C14H20N2O. The molecule has 1 unspecified atom stereocenters. The van der Waals surface area contributed by atoms with Gasteiger partial charge < -0.3 is 10.4 Å². The van der Waals surface area contributed by atoms with Crippen molar-refractivity contribution in [1.29, 1.82) is 0 Å². The highest BCUT2D eigenvalue weighted by Gasteiger charge is 2.54. The molecule has 3 rings (SSSR count). The van der Waals surface area contributed by atoms with Crippen LogP contribution in [0.5, 0.6) is 0 Å². The van der Waals surface area contributed by atoms with Gasteiger partial charge in [0.25, 0.3) is 0 Å². The molecule has 3 aliphatic rings. The third kappa shape index (κ3) is 1.69. The molecule has 0 amide bonds. The lowest BCUT2D eigenvalue weighted by Gasteiger charge is -2.38. The van der Waals surface area contributed by atoms with Crippen molar-refractivity contribution in [2.24, 2.45) is 5.41 Å². The summed E-state index contributed by atoms with van der Waals surface area (Å²) in [5, 5.41) is 17.2.